The fourth-order valence-corrected chi connectivity index (χ4v) is 4.15. The number of carbonyl (C=O) groups is 1. The summed E-state index contributed by atoms with van der Waals surface area (Å²) in [6.45, 7) is 5.56. The quantitative estimate of drug-likeness (QED) is 0.924. The zero-order valence-electron chi connectivity index (χ0n) is 13.6. The van der Waals surface area contributed by atoms with Gasteiger partial charge in [-0.15, -0.1) is 0 Å². The molecule has 1 aliphatic carbocycles. The molecule has 23 heavy (non-hydrogen) atoms. The van der Waals surface area contributed by atoms with Gasteiger partial charge in [0.1, 0.15) is 5.76 Å². The summed E-state index contributed by atoms with van der Waals surface area (Å²) in [5, 5.41) is 7.37. The van der Waals surface area contributed by atoms with Gasteiger partial charge >= 0.3 is 0 Å². The van der Waals surface area contributed by atoms with Crippen LogP contribution in [0.25, 0.3) is 0 Å². The third-order valence-corrected chi connectivity index (χ3v) is 5.31. The number of aromatic amines is 1. The van der Waals surface area contributed by atoms with Crippen molar-refractivity contribution < 1.29 is 9.21 Å². The number of hydrogen-bond donors (Lipinski definition) is 1. The lowest BCUT2D eigenvalue weighted by molar-refractivity contribution is 0.0625. The van der Waals surface area contributed by atoms with E-state index in [-0.39, 0.29) is 17.2 Å². The molecule has 6 heteroatoms. The molecule has 0 aromatic carbocycles. The fraction of sp³-hybridized carbons (Fsp3) is 0.588. The lowest BCUT2D eigenvalue weighted by Gasteiger charge is -2.40. The van der Waals surface area contributed by atoms with Crippen LogP contribution in [-0.4, -0.2) is 39.1 Å². The molecule has 122 valence electrons. The molecule has 1 amide bonds. The van der Waals surface area contributed by atoms with E-state index in [4.69, 9.17) is 4.42 Å². The first-order valence-electron chi connectivity index (χ1n) is 8.36. The number of nitrogens with zero attached hydrogens (tertiary/aromatic N) is 3. The molecule has 1 spiro atoms. The smallest absolute Gasteiger partial charge is 0.276 e. The van der Waals surface area contributed by atoms with Crippen LogP contribution in [-0.2, 0) is 11.8 Å². The summed E-state index contributed by atoms with van der Waals surface area (Å²) in [7, 11) is 0. The van der Waals surface area contributed by atoms with E-state index in [0.717, 1.165) is 38.8 Å². The normalized spacial score (nSPS) is 23.7. The summed E-state index contributed by atoms with van der Waals surface area (Å²) in [4.78, 5) is 19.1. The highest BCUT2D eigenvalue weighted by Crippen LogP contribution is 2.44. The van der Waals surface area contributed by atoms with E-state index in [1.54, 1.807) is 0 Å². The minimum absolute atomic E-state index is 0.00510. The van der Waals surface area contributed by atoms with Crippen LogP contribution in [0.4, 0.5) is 0 Å². The Morgan fingerprint density at radius 2 is 2.30 bits per heavy atom. The Morgan fingerprint density at radius 3 is 3.13 bits per heavy atom. The van der Waals surface area contributed by atoms with Crippen molar-refractivity contribution in [2.24, 2.45) is 0 Å². The second-order valence-electron chi connectivity index (χ2n) is 7.10. The highest BCUT2D eigenvalue weighted by molar-refractivity contribution is 5.93. The minimum Gasteiger partial charge on any atom is -0.447 e. The van der Waals surface area contributed by atoms with Gasteiger partial charge in [0.05, 0.1) is 6.20 Å². The number of nitrogens with one attached hydrogen (secondary N) is 1. The Balaban J connectivity index is 1.61. The number of aryl methyl sites for hydroxylation is 1. The zero-order valence-corrected chi connectivity index (χ0v) is 13.6. The van der Waals surface area contributed by atoms with Crippen molar-refractivity contribution in [3.8, 4) is 0 Å². The second-order valence-corrected chi connectivity index (χ2v) is 7.10. The first-order chi connectivity index (χ1) is 11.1. The van der Waals surface area contributed by atoms with Crippen LogP contribution in [0, 0.1) is 0 Å². The summed E-state index contributed by atoms with van der Waals surface area (Å²) < 4.78 is 5.42. The Labute approximate surface area is 135 Å². The van der Waals surface area contributed by atoms with Crippen molar-refractivity contribution in [1.29, 1.82) is 0 Å². The Hall–Kier alpha value is -2.11. The fourth-order valence-electron chi connectivity index (χ4n) is 4.15. The average molecular weight is 314 g/mol. The van der Waals surface area contributed by atoms with E-state index < -0.39 is 0 Å². The molecule has 0 radical (unpaired) electrons. The summed E-state index contributed by atoms with van der Waals surface area (Å²) in [6, 6.07) is 0. The van der Waals surface area contributed by atoms with Gasteiger partial charge in [0.15, 0.2) is 12.1 Å². The molecule has 3 heterocycles. The third-order valence-electron chi connectivity index (χ3n) is 5.31. The summed E-state index contributed by atoms with van der Waals surface area (Å²) in [6.07, 6.45) is 7.58. The third kappa shape index (κ3) is 2.19. The van der Waals surface area contributed by atoms with Gasteiger partial charge in [-0.3, -0.25) is 9.89 Å². The number of carbonyl (C=O) groups excluding carboxylic acids is 1. The molecular formula is C17H22N4O2. The van der Waals surface area contributed by atoms with Gasteiger partial charge < -0.3 is 9.32 Å². The monoisotopic (exact) mass is 314 g/mol. The van der Waals surface area contributed by atoms with E-state index >= 15 is 0 Å². The number of fused-ring (bicyclic) bond motifs is 2. The van der Waals surface area contributed by atoms with Gasteiger partial charge in [0, 0.05) is 30.1 Å². The molecule has 1 fully saturated rings. The number of amides is 1. The number of piperidine rings is 1. The van der Waals surface area contributed by atoms with Gasteiger partial charge in [-0.1, -0.05) is 13.8 Å². The second kappa shape index (κ2) is 5.22. The predicted octanol–water partition coefficient (Wildman–Crippen LogP) is 2.64. The van der Waals surface area contributed by atoms with Crippen molar-refractivity contribution in [1.82, 2.24) is 20.1 Å². The molecule has 0 saturated carbocycles. The highest BCUT2D eigenvalue weighted by Gasteiger charge is 2.45. The average Bonchev–Trinajstić information content (AvgIpc) is 3.25. The number of likely N-dealkylation sites (tertiary alicyclic amines) is 1. The standard InChI is InChI=1S/C17H22N4O2/c1-11(2)14-13(18-10-23-14)16(22)21-7-3-5-17(9-21)6-4-12-8-19-20-15(12)17/h8,10-11H,3-7,9H2,1-2H3,(H,19,20). The molecule has 1 unspecified atom stereocenters. The lowest BCUT2D eigenvalue weighted by Crippen LogP contribution is -2.48. The van der Waals surface area contributed by atoms with E-state index in [0.29, 0.717) is 11.5 Å². The molecule has 2 aromatic heterocycles. The van der Waals surface area contributed by atoms with Gasteiger partial charge in [-0.25, -0.2) is 4.98 Å². The van der Waals surface area contributed by atoms with E-state index in [2.05, 4.69) is 15.2 Å². The van der Waals surface area contributed by atoms with Gasteiger partial charge in [-0.2, -0.15) is 5.10 Å². The molecule has 1 aliphatic heterocycles. The lowest BCUT2D eigenvalue weighted by atomic mass is 9.77. The maximum Gasteiger partial charge on any atom is 0.276 e. The SMILES string of the molecule is CC(C)c1ocnc1C(=O)N1CCCC2(CCc3cn[nH]c32)C1. The molecule has 1 saturated heterocycles. The summed E-state index contributed by atoms with van der Waals surface area (Å²) in [5.41, 5.74) is 3.06. The Morgan fingerprint density at radius 1 is 1.43 bits per heavy atom. The van der Waals surface area contributed by atoms with Crippen molar-refractivity contribution >= 4 is 5.91 Å². The van der Waals surface area contributed by atoms with Gasteiger partial charge in [0.25, 0.3) is 5.91 Å². The van der Waals surface area contributed by atoms with E-state index in [9.17, 15) is 4.79 Å². The molecular weight excluding hydrogens is 292 g/mol. The minimum atomic E-state index is -0.00510. The molecule has 1 atom stereocenters. The van der Waals surface area contributed by atoms with Crippen LogP contribution in [0.2, 0.25) is 0 Å². The molecule has 1 N–H and O–H groups in total. The number of rotatable bonds is 2. The van der Waals surface area contributed by atoms with Crippen LogP contribution in [0.5, 0.6) is 0 Å². The number of oxazole rings is 1. The maximum atomic E-state index is 13.0. The van der Waals surface area contributed by atoms with Crippen LogP contribution in [0.15, 0.2) is 17.0 Å². The van der Waals surface area contributed by atoms with Crippen LogP contribution in [0.3, 0.4) is 0 Å². The topological polar surface area (TPSA) is 75.0 Å². The Kier molecular flexibility index (Phi) is 3.28. The van der Waals surface area contributed by atoms with E-state index in [1.165, 1.54) is 17.7 Å². The van der Waals surface area contributed by atoms with Crippen molar-refractivity contribution in [3.05, 3.63) is 35.3 Å². The number of H-pyrrole nitrogens is 1. The van der Waals surface area contributed by atoms with E-state index in [1.807, 2.05) is 24.9 Å². The number of hydrogen-bond acceptors (Lipinski definition) is 4. The zero-order chi connectivity index (χ0) is 16.0. The van der Waals surface area contributed by atoms with Crippen molar-refractivity contribution in [2.75, 3.05) is 13.1 Å². The molecule has 6 nitrogen and oxygen atoms in total. The predicted molar refractivity (Wildman–Crippen MR) is 84.3 cm³/mol. The van der Waals surface area contributed by atoms with Crippen LogP contribution in [0.1, 0.15) is 66.5 Å². The van der Waals surface area contributed by atoms with Crippen LogP contribution < -0.4 is 0 Å². The Bertz CT molecular complexity index is 733. The maximum absolute atomic E-state index is 13.0. The molecule has 0 bridgehead atoms. The van der Waals surface area contributed by atoms with Crippen molar-refractivity contribution in [3.63, 3.8) is 0 Å². The van der Waals surface area contributed by atoms with Crippen molar-refractivity contribution in [2.45, 2.75) is 50.9 Å². The van der Waals surface area contributed by atoms with Gasteiger partial charge in [-0.05, 0) is 31.2 Å². The summed E-state index contributed by atoms with van der Waals surface area (Å²) >= 11 is 0. The first-order valence-corrected chi connectivity index (χ1v) is 8.36. The molecule has 4 rings (SSSR count). The molecule has 2 aliphatic rings. The molecule has 2 aromatic rings. The first kappa shape index (κ1) is 14.5. The highest BCUT2D eigenvalue weighted by atomic mass is 16.3. The largest absolute Gasteiger partial charge is 0.447 e. The van der Waals surface area contributed by atoms with Gasteiger partial charge in [0.2, 0.25) is 0 Å². The van der Waals surface area contributed by atoms with Crippen LogP contribution >= 0.6 is 0 Å². The number of aromatic nitrogens is 3. The summed E-state index contributed by atoms with van der Waals surface area (Å²) in [5.74, 6) is 0.832.